The van der Waals surface area contributed by atoms with Crippen molar-refractivity contribution in [3.8, 4) is 11.3 Å². The molecule has 124 valence electrons. The zero-order valence-electron chi connectivity index (χ0n) is 13.1. The molecule has 2 aromatic carbocycles. The summed E-state index contributed by atoms with van der Waals surface area (Å²) in [5, 5.41) is 6.52. The number of rotatable bonds is 3. The molecule has 0 atom stereocenters. The summed E-state index contributed by atoms with van der Waals surface area (Å²) >= 11 is 0. The average molecular weight is 337 g/mol. The van der Waals surface area contributed by atoms with Gasteiger partial charge in [-0.3, -0.25) is 4.79 Å². The van der Waals surface area contributed by atoms with E-state index in [2.05, 4.69) is 15.5 Å². The number of aromatic nitrogens is 2. The fourth-order valence-corrected chi connectivity index (χ4v) is 2.48. The van der Waals surface area contributed by atoms with E-state index in [-0.39, 0.29) is 11.6 Å². The fourth-order valence-electron chi connectivity index (χ4n) is 2.48. The third-order valence-corrected chi connectivity index (χ3v) is 3.61. The molecule has 0 unspecified atom stereocenters. The fraction of sp³-hybridized carbons (Fsp3) is 0.0556. The molecule has 1 N–H and O–H groups in total. The number of benzene rings is 2. The van der Waals surface area contributed by atoms with Gasteiger partial charge in [0.1, 0.15) is 17.0 Å². The van der Waals surface area contributed by atoms with Crippen molar-refractivity contribution in [1.29, 1.82) is 0 Å². The van der Waals surface area contributed by atoms with E-state index in [0.717, 1.165) is 0 Å². The molecule has 0 fully saturated rings. The first-order valence-electron chi connectivity index (χ1n) is 7.50. The number of anilines is 1. The molecular weight excluding hydrogens is 325 g/mol. The molecule has 0 aliphatic heterocycles. The van der Waals surface area contributed by atoms with Crippen molar-refractivity contribution in [2.24, 2.45) is 0 Å². The molecule has 2 aromatic heterocycles. The molecule has 0 spiro atoms. The Labute approximate surface area is 141 Å². The predicted molar refractivity (Wildman–Crippen MR) is 88.6 cm³/mol. The van der Waals surface area contributed by atoms with Crippen LogP contribution in [0.1, 0.15) is 16.4 Å². The van der Waals surface area contributed by atoms with E-state index in [9.17, 15) is 9.18 Å². The third kappa shape index (κ3) is 2.99. The number of carbonyl (C=O) groups is 1. The Morgan fingerprint density at radius 3 is 2.88 bits per heavy atom. The van der Waals surface area contributed by atoms with Crippen molar-refractivity contribution in [2.75, 3.05) is 5.32 Å². The second-order valence-corrected chi connectivity index (χ2v) is 5.46. The Morgan fingerprint density at radius 1 is 1.16 bits per heavy atom. The number of oxazole rings is 1. The molecule has 0 bridgehead atoms. The van der Waals surface area contributed by atoms with Gasteiger partial charge in [0.15, 0.2) is 11.5 Å². The van der Waals surface area contributed by atoms with Gasteiger partial charge in [0.25, 0.3) is 5.91 Å². The molecule has 0 aliphatic carbocycles. The lowest BCUT2D eigenvalue weighted by molar-refractivity contribution is 0.0988. The van der Waals surface area contributed by atoms with Crippen LogP contribution in [0.25, 0.3) is 22.4 Å². The first kappa shape index (κ1) is 15.1. The normalized spacial score (nSPS) is 11.0. The van der Waals surface area contributed by atoms with Crippen LogP contribution in [0, 0.1) is 12.7 Å². The molecule has 4 rings (SSSR count). The minimum absolute atomic E-state index is 0.0238. The van der Waals surface area contributed by atoms with Crippen LogP contribution in [0.5, 0.6) is 0 Å². The van der Waals surface area contributed by atoms with Crippen LogP contribution < -0.4 is 5.32 Å². The van der Waals surface area contributed by atoms with Crippen LogP contribution in [0.3, 0.4) is 0 Å². The summed E-state index contributed by atoms with van der Waals surface area (Å²) in [6.07, 6.45) is 0. The maximum absolute atomic E-state index is 13.3. The highest BCUT2D eigenvalue weighted by Gasteiger charge is 2.15. The maximum atomic E-state index is 13.3. The Balaban J connectivity index is 1.56. The van der Waals surface area contributed by atoms with Gasteiger partial charge in [-0.05, 0) is 30.3 Å². The summed E-state index contributed by atoms with van der Waals surface area (Å²) in [5.41, 5.74) is 2.75. The van der Waals surface area contributed by atoms with Crippen molar-refractivity contribution < 1.29 is 18.1 Å². The van der Waals surface area contributed by atoms with Crippen LogP contribution in [0.4, 0.5) is 10.1 Å². The number of carbonyl (C=O) groups excluding carboxylic acids is 1. The number of aryl methyl sites for hydroxylation is 1. The van der Waals surface area contributed by atoms with Gasteiger partial charge in [0.05, 0.1) is 0 Å². The zero-order chi connectivity index (χ0) is 17.4. The monoisotopic (exact) mass is 337 g/mol. The molecule has 2 heterocycles. The van der Waals surface area contributed by atoms with Gasteiger partial charge >= 0.3 is 0 Å². The van der Waals surface area contributed by atoms with Gasteiger partial charge in [-0.15, -0.1) is 0 Å². The highest BCUT2D eigenvalue weighted by molar-refractivity contribution is 6.03. The summed E-state index contributed by atoms with van der Waals surface area (Å²) in [6, 6.07) is 12.5. The minimum Gasteiger partial charge on any atom is -0.441 e. The van der Waals surface area contributed by atoms with Gasteiger partial charge < -0.3 is 14.3 Å². The van der Waals surface area contributed by atoms with Crippen LogP contribution in [-0.2, 0) is 0 Å². The second-order valence-electron chi connectivity index (χ2n) is 5.46. The highest BCUT2D eigenvalue weighted by atomic mass is 19.1. The molecule has 1 amide bonds. The number of nitrogens with zero attached hydrogens (tertiary/aromatic N) is 2. The van der Waals surface area contributed by atoms with Gasteiger partial charge in [0.2, 0.25) is 5.76 Å². The molecular formula is C18H12FN3O3. The molecule has 4 aromatic rings. The molecule has 25 heavy (non-hydrogen) atoms. The molecule has 0 radical (unpaired) electrons. The summed E-state index contributed by atoms with van der Waals surface area (Å²) in [4.78, 5) is 16.5. The Bertz CT molecular complexity index is 1080. The first-order chi connectivity index (χ1) is 12.1. The van der Waals surface area contributed by atoms with Crippen molar-refractivity contribution in [1.82, 2.24) is 10.1 Å². The van der Waals surface area contributed by atoms with E-state index in [1.807, 2.05) is 0 Å². The smallest absolute Gasteiger partial charge is 0.294 e. The van der Waals surface area contributed by atoms with Gasteiger partial charge in [-0.1, -0.05) is 17.3 Å². The first-order valence-corrected chi connectivity index (χ1v) is 7.50. The number of fused-ring (bicyclic) bond motifs is 1. The summed E-state index contributed by atoms with van der Waals surface area (Å²) in [6.45, 7) is 1.75. The minimum atomic E-state index is -0.463. The predicted octanol–water partition coefficient (Wildman–Crippen LogP) is 4.18. The number of amides is 1. The van der Waals surface area contributed by atoms with Crippen molar-refractivity contribution in [3.05, 3.63) is 66.0 Å². The van der Waals surface area contributed by atoms with Crippen molar-refractivity contribution in [2.45, 2.75) is 6.92 Å². The van der Waals surface area contributed by atoms with E-state index >= 15 is 0 Å². The molecule has 7 heteroatoms. The van der Waals surface area contributed by atoms with Gasteiger partial charge in [-0.2, -0.15) is 0 Å². The van der Waals surface area contributed by atoms with Crippen LogP contribution in [0.2, 0.25) is 0 Å². The lowest BCUT2D eigenvalue weighted by Gasteiger charge is -2.01. The standard InChI is InChI=1S/C18H12FN3O3/c1-10-20-15-8-13(5-6-16(15)24-10)21-18(23)17-9-14(22-25-17)11-3-2-4-12(19)7-11/h2-9H,1H3,(H,21,23). The van der Waals surface area contributed by atoms with E-state index in [4.69, 9.17) is 8.94 Å². The van der Waals surface area contributed by atoms with E-state index in [0.29, 0.717) is 33.9 Å². The Hall–Kier alpha value is -3.48. The van der Waals surface area contributed by atoms with E-state index in [1.165, 1.54) is 18.2 Å². The summed E-state index contributed by atoms with van der Waals surface area (Å²) in [5.74, 6) is -0.276. The lowest BCUT2D eigenvalue weighted by Crippen LogP contribution is -2.10. The molecule has 6 nitrogen and oxygen atoms in total. The Kier molecular flexibility index (Phi) is 3.53. The van der Waals surface area contributed by atoms with Crippen molar-refractivity contribution in [3.63, 3.8) is 0 Å². The van der Waals surface area contributed by atoms with Gasteiger partial charge in [-0.25, -0.2) is 9.37 Å². The topological polar surface area (TPSA) is 81.2 Å². The number of halogens is 1. The molecule has 0 saturated carbocycles. The van der Waals surface area contributed by atoms with E-state index < -0.39 is 5.91 Å². The largest absolute Gasteiger partial charge is 0.441 e. The molecule has 0 aliphatic rings. The zero-order valence-corrected chi connectivity index (χ0v) is 13.1. The molecule has 0 saturated heterocycles. The quantitative estimate of drug-likeness (QED) is 0.606. The summed E-state index contributed by atoms with van der Waals surface area (Å²) < 4.78 is 23.7. The SMILES string of the molecule is Cc1nc2cc(NC(=O)c3cc(-c4cccc(F)c4)no3)ccc2o1. The van der Waals surface area contributed by atoms with Crippen molar-refractivity contribution >= 4 is 22.7 Å². The number of hydrogen-bond donors (Lipinski definition) is 1. The number of nitrogens with one attached hydrogen (secondary N) is 1. The van der Waals surface area contributed by atoms with Crippen LogP contribution in [0.15, 0.2) is 57.5 Å². The number of hydrogen-bond acceptors (Lipinski definition) is 5. The highest BCUT2D eigenvalue weighted by Crippen LogP contribution is 2.22. The Morgan fingerprint density at radius 2 is 2.04 bits per heavy atom. The summed E-state index contributed by atoms with van der Waals surface area (Å²) in [7, 11) is 0. The average Bonchev–Trinajstić information content (AvgIpc) is 3.20. The van der Waals surface area contributed by atoms with Crippen LogP contribution in [-0.4, -0.2) is 16.0 Å². The lowest BCUT2D eigenvalue weighted by atomic mass is 10.1. The van der Waals surface area contributed by atoms with Gasteiger partial charge in [0, 0.05) is 24.2 Å². The maximum Gasteiger partial charge on any atom is 0.294 e. The van der Waals surface area contributed by atoms with E-state index in [1.54, 1.807) is 37.3 Å². The second kappa shape index (κ2) is 5.86. The third-order valence-electron chi connectivity index (χ3n) is 3.61. The van der Waals surface area contributed by atoms with Crippen LogP contribution >= 0.6 is 0 Å².